The summed E-state index contributed by atoms with van der Waals surface area (Å²) in [5, 5.41) is 9.07. The van der Waals surface area contributed by atoms with E-state index in [1.54, 1.807) is 39.0 Å². The Morgan fingerprint density at radius 2 is 2.00 bits per heavy atom. The van der Waals surface area contributed by atoms with Gasteiger partial charge >= 0.3 is 12.1 Å². The molecule has 1 aromatic carbocycles. The van der Waals surface area contributed by atoms with Crippen molar-refractivity contribution in [1.82, 2.24) is 4.90 Å². The average Bonchev–Trinajstić information content (AvgIpc) is 2.98. The summed E-state index contributed by atoms with van der Waals surface area (Å²) in [6.45, 7) is 5.98. The van der Waals surface area contributed by atoms with E-state index in [2.05, 4.69) is 6.07 Å². The SMILES string of the molecule is COC(=O)[C@@H]1CN(C(=O)OC(C)(C)C)C[C@H]1c1cccc(C#N)c1. The van der Waals surface area contributed by atoms with Crippen molar-refractivity contribution in [2.24, 2.45) is 5.92 Å². The number of hydrogen-bond donors (Lipinski definition) is 0. The monoisotopic (exact) mass is 330 g/mol. The Kier molecular flexibility index (Phi) is 5.13. The highest BCUT2D eigenvalue weighted by Crippen LogP contribution is 2.34. The van der Waals surface area contributed by atoms with E-state index >= 15 is 0 Å². The summed E-state index contributed by atoms with van der Waals surface area (Å²) in [5.74, 6) is -1.07. The van der Waals surface area contributed by atoms with Crippen molar-refractivity contribution < 1.29 is 19.1 Å². The number of likely N-dealkylation sites (tertiary alicyclic amines) is 1. The predicted octanol–water partition coefficient (Wildman–Crippen LogP) is 2.68. The number of nitriles is 1. The highest BCUT2D eigenvalue weighted by Gasteiger charge is 2.42. The molecule has 6 nitrogen and oxygen atoms in total. The van der Waals surface area contributed by atoms with E-state index in [9.17, 15) is 9.59 Å². The molecule has 0 unspecified atom stereocenters. The normalized spacial score (nSPS) is 20.4. The van der Waals surface area contributed by atoms with Crippen LogP contribution in [0.15, 0.2) is 24.3 Å². The van der Waals surface area contributed by atoms with Crippen molar-refractivity contribution in [2.45, 2.75) is 32.3 Å². The summed E-state index contributed by atoms with van der Waals surface area (Å²) in [7, 11) is 1.33. The molecule has 0 aliphatic carbocycles. The number of ether oxygens (including phenoxy) is 2. The molecule has 2 atom stereocenters. The van der Waals surface area contributed by atoms with Gasteiger partial charge in [0.1, 0.15) is 5.60 Å². The largest absolute Gasteiger partial charge is 0.469 e. The van der Waals surface area contributed by atoms with Gasteiger partial charge in [-0.1, -0.05) is 12.1 Å². The third kappa shape index (κ3) is 4.05. The smallest absolute Gasteiger partial charge is 0.410 e. The molecule has 24 heavy (non-hydrogen) atoms. The van der Waals surface area contributed by atoms with Crippen LogP contribution in [0.2, 0.25) is 0 Å². The highest BCUT2D eigenvalue weighted by atomic mass is 16.6. The molecule has 0 spiro atoms. The van der Waals surface area contributed by atoms with E-state index in [0.29, 0.717) is 12.1 Å². The van der Waals surface area contributed by atoms with Gasteiger partial charge in [0.05, 0.1) is 24.7 Å². The topological polar surface area (TPSA) is 79.6 Å². The van der Waals surface area contributed by atoms with Crippen LogP contribution in [-0.4, -0.2) is 42.8 Å². The van der Waals surface area contributed by atoms with Crippen LogP contribution in [-0.2, 0) is 14.3 Å². The first kappa shape index (κ1) is 17.8. The fraction of sp³-hybridized carbons (Fsp3) is 0.500. The minimum Gasteiger partial charge on any atom is -0.469 e. The van der Waals surface area contributed by atoms with Crippen LogP contribution >= 0.6 is 0 Å². The first-order valence-corrected chi connectivity index (χ1v) is 7.81. The van der Waals surface area contributed by atoms with Gasteiger partial charge in [-0.3, -0.25) is 4.79 Å². The van der Waals surface area contributed by atoms with Gasteiger partial charge in [-0.05, 0) is 38.5 Å². The molecule has 128 valence electrons. The molecule has 0 aromatic heterocycles. The van der Waals surface area contributed by atoms with Crippen molar-refractivity contribution in [3.63, 3.8) is 0 Å². The Hall–Kier alpha value is -2.55. The molecule has 1 aliphatic heterocycles. The summed E-state index contributed by atoms with van der Waals surface area (Å²) in [4.78, 5) is 26.0. The van der Waals surface area contributed by atoms with Crippen molar-refractivity contribution in [2.75, 3.05) is 20.2 Å². The van der Waals surface area contributed by atoms with E-state index in [4.69, 9.17) is 14.7 Å². The first-order chi connectivity index (χ1) is 11.2. The van der Waals surface area contributed by atoms with Crippen LogP contribution in [0.5, 0.6) is 0 Å². The number of methoxy groups -OCH3 is 1. The van der Waals surface area contributed by atoms with Crippen LogP contribution < -0.4 is 0 Å². The Balaban J connectivity index is 2.26. The third-order valence-electron chi connectivity index (χ3n) is 3.92. The molecule has 1 fully saturated rings. The van der Waals surface area contributed by atoms with Gasteiger partial charge in [-0.15, -0.1) is 0 Å². The standard InChI is InChI=1S/C18H22N2O4/c1-18(2,3)24-17(22)20-10-14(15(11-20)16(21)23-4)13-7-5-6-12(8-13)9-19/h5-8,14-15H,10-11H2,1-4H3/t14-,15+/m0/s1. The number of carbonyl (C=O) groups is 2. The van der Waals surface area contributed by atoms with Crippen LogP contribution in [0.4, 0.5) is 4.79 Å². The quantitative estimate of drug-likeness (QED) is 0.779. The fourth-order valence-electron chi connectivity index (χ4n) is 2.85. The van der Waals surface area contributed by atoms with Gasteiger partial charge in [-0.25, -0.2) is 4.79 Å². The zero-order chi connectivity index (χ0) is 17.9. The van der Waals surface area contributed by atoms with Crippen molar-refractivity contribution in [3.8, 4) is 6.07 Å². The number of nitrogens with zero attached hydrogens (tertiary/aromatic N) is 2. The van der Waals surface area contributed by atoms with E-state index < -0.39 is 17.6 Å². The summed E-state index contributed by atoms with van der Waals surface area (Å²) >= 11 is 0. The van der Waals surface area contributed by atoms with Gasteiger partial charge in [0.2, 0.25) is 0 Å². The van der Waals surface area contributed by atoms with Gasteiger partial charge in [0.25, 0.3) is 0 Å². The van der Waals surface area contributed by atoms with Crippen molar-refractivity contribution in [3.05, 3.63) is 35.4 Å². The van der Waals surface area contributed by atoms with Gasteiger partial charge in [0, 0.05) is 19.0 Å². The maximum Gasteiger partial charge on any atom is 0.410 e. The molecule has 1 heterocycles. The average molecular weight is 330 g/mol. The van der Waals surface area contributed by atoms with Gasteiger partial charge in [0.15, 0.2) is 0 Å². The zero-order valence-corrected chi connectivity index (χ0v) is 14.4. The number of amides is 1. The molecule has 6 heteroatoms. The van der Waals surface area contributed by atoms with Gasteiger partial charge < -0.3 is 14.4 Å². The van der Waals surface area contributed by atoms with Gasteiger partial charge in [-0.2, -0.15) is 5.26 Å². The van der Waals surface area contributed by atoms with Crippen molar-refractivity contribution in [1.29, 1.82) is 5.26 Å². The lowest BCUT2D eigenvalue weighted by Gasteiger charge is -2.24. The molecule has 1 amide bonds. The van der Waals surface area contributed by atoms with Crippen LogP contribution in [0.3, 0.4) is 0 Å². The molecule has 0 radical (unpaired) electrons. The third-order valence-corrected chi connectivity index (χ3v) is 3.92. The maximum atomic E-state index is 12.3. The maximum absolute atomic E-state index is 12.3. The molecular formula is C18H22N2O4. The molecule has 0 N–H and O–H groups in total. The number of rotatable bonds is 2. The summed E-state index contributed by atoms with van der Waals surface area (Å²) in [5.41, 5.74) is 0.763. The van der Waals surface area contributed by atoms with E-state index in [1.165, 1.54) is 12.0 Å². The molecule has 1 aliphatic rings. The second kappa shape index (κ2) is 6.91. The summed E-state index contributed by atoms with van der Waals surface area (Å²) in [6, 6.07) is 9.18. The molecule has 2 rings (SSSR count). The molecule has 0 bridgehead atoms. The lowest BCUT2D eigenvalue weighted by Crippen LogP contribution is -2.36. The zero-order valence-electron chi connectivity index (χ0n) is 14.4. The number of carbonyl (C=O) groups excluding carboxylic acids is 2. The Morgan fingerprint density at radius 3 is 2.58 bits per heavy atom. The number of hydrogen-bond acceptors (Lipinski definition) is 5. The lowest BCUT2D eigenvalue weighted by atomic mass is 9.88. The van der Waals surface area contributed by atoms with Crippen molar-refractivity contribution >= 4 is 12.1 Å². The Labute approximate surface area is 142 Å². The molecule has 0 saturated carbocycles. The molecule has 1 saturated heterocycles. The minimum atomic E-state index is -0.601. The Morgan fingerprint density at radius 1 is 1.29 bits per heavy atom. The Bertz CT molecular complexity index is 672. The highest BCUT2D eigenvalue weighted by molar-refractivity contribution is 5.77. The number of benzene rings is 1. The van der Waals surface area contributed by atoms with E-state index in [0.717, 1.165) is 5.56 Å². The fourth-order valence-corrected chi connectivity index (χ4v) is 2.85. The summed E-state index contributed by atoms with van der Waals surface area (Å²) < 4.78 is 10.3. The summed E-state index contributed by atoms with van der Waals surface area (Å²) in [6.07, 6.45) is -0.449. The van der Waals surface area contributed by atoms with E-state index in [-0.39, 0.29) is 18.4 Å². The predicted molar refractivity (Wildman–Crippen MR) is 87.2 cm³/mol. The minimum absolute atomic E-state index is 0.224. The van der Waals surface area contributed by atoms with E-state index in [1.807, 2.05) is 6.07 Å². The lowest BCUT2D eigenvalue weighted by molar-refractivity contribution is -0.145. The number of esters is 1. The first-order valence-electron chi connectivity index (χ1n) is 7.81. The van der Waals surface area contributed by atoms with Crippen LogP contribution in [0, 0.1) is 17.2 Å². The second-order valence-electron chi connectivity index (χ2n) is 6.86. The van der Waals surface area contributed by atoms with Crippen LogP contribution in [0.1, 0.15) is 37.8 Å². The second-order valence-corrected chi connectivity index (χ2v) is 6.86. The van der Waals surface area contributed by atoms with Crippen LogP contribution in [0.25, 0.3) is 0 Å². The molecular weight excluding hydrogens is 308 g/mol. The molecule has 1 aromatic rings.